The number of hydrogen-bond acceptors (Lipinski definition) is 5. The molecule has 7 nitrogen and oxygen atoms in total. The molecule has 2 aromatic carbocycles. The summed E-state index contributed by atoms with van der Waals surface area (Å²) in [6, 6.07) is 10.9. The molecule has 1 amide bonds. The molecule has 1 aromatic heterocycles. The van der Waals surface area contributed by atoms with Gasteiger partial charge < -0.3 is 10.6 Å². The number of carbonyl (C=O) groups is 1. The van der Waals surface area contributed by atoms with Crippen molar-refractivity contribution in [2.24, 2.45) is 0 Å². The molecule has 120 valence electrons. The van der Waals surface area contributed by atoms with Crippen molar-refractivity contribution in [1.29, 1.82) is 0 Å². The average molecular weight is 341 g/mol. The van der Waals surface area contributed by atoms with E-state index in [0.29, 0.717) is 16.3 Å². The minimum absolute atomic E-state index is 0.270. The summed E-state index contributed by atoms with van der Waals surface area (Å²) in [4.78, 5) is 12.7. The molecule has 1 aliphatic rings. The summed E-state index contributed by atoms with van der Waals surface area (Å²) < 4.78 is 1.43. The van der Waals surface area contributed by atoms with E-state index in [4.69, 9.17) is 11.6 Å². The first-order valence-corrected chi connectivity index (χ1v) is 7.75. The van der Waals surface area contributed by atoms with Crippen LogP contribution in [0.15, 0.2) is 42.7 Å². The zero-order valence-corrected chi connectivity index (χ0v) is 13.3. The van der Waals surface area contributed by atoms with Gasteiger partial charge in [-0.05, 0) is 51.9 Å². The van der Waals surface area contributed by atoms with Crippen LogP contribution in [0.25, 0.3) is 5.69 Å². The number of rotatable bonds is 3. The topological polar surface area (TPSA) is 84.7 Å². The molecule has 0 saturated heterocycles. The van der Waals surface area contributed by atoms with Crippen LogP contribution in [0.2, 0.25) is 5.02 Å². The maximum absolute atomic E-state index is 12.7. The molecule has 0 spiro atoms. The zero-order chi connectivity index (χ0) is 16.5. The SMILES string of the molecule is O=C(Nc1ccc2c(c1)CNC2)c1cc(Cl)ccc1-n1cnnn1. The van der Waals surface area contributed by atoms with Crippen LogP contribution < -0.4 is 10.6 Å². The lowest BCUT2D eigenvalue weighted by Crippen LogP contribution is -2.15. The molecular weight excluding hydrogens is 328 g/mol. The van der Waals surface area contributed by atoms with Crippen molar-refractivity contribution in [2.45, 2.75) is 13.1 Å². The number of halogens is 1. The molecule has 0 fully saturated rings. The first kappa shape index (κ1) is 14.8. The van der Waals surface area contributed by atoms with Crippen LogP contribution in [0.3, 0.4) is 0 Å². The van der Waals surface area contributed by atoms with Crippen LogP contribution in [0.1, 0.15) is 21.5 Å². The summed E-state index contributed by atoms with van der Waals surface area (Å²) in [5, 5.41) is 17.7. The lowest BCUT2D eigenvalue weighted by Gasteiger charge is -2.11. The molecule has 0 radical (unpaired) electrons. The molecule has 0 unspecified atom stereocenters. The number of amides is 1. The lowest BCUT2D eigenvalue weighted by atomic mass is 10.1. The second kappa shape index (κ2) is 6.03. The third-order valence-electron chi connectivity index (χ3n) is 3.89. The number of benzene rings is 2. The highest BCUT2D eigenvalue weighted by atomic mass is 35.5. The van der Waals surface area contributed by atoms with Gasteiger partial charge in [0.25, 0.3) is 5.91 Å². The van der Waals surface area contributed by atoms with Crippen molar-refractivity contribution >= 4 is 23.2 Å². The van der Waals surface area contributed by atoms with E-state index in [1.54, 1.807) is 18.2 Å². The molecule has 2 heterocycles. The minimum atomic E-state index is -0.270. The van der Waals surface area contributed by atoms with Gasteiger partial charge in [0, 0.05) is 23.8 Å². The van der Waals surface area contributed by atoms with Gasteiger partial charge in [0.05, 0.1) is 11.3 Å². The number of aromatic nitrogens is 4. The van der Waals surface area contributed by atoms with Gasteiger partial charge in [-0.25, -0.2) is 0 Å². The third-order valence-corrected chi connectivity index (χ3v) is 4.13. The first-order chi connectivity index (χ1) is 11.7. The van der Waals surface area contributed by atoms with Crippen molar-refractivity contribution in [2.75, 3.05) is 5.32 Å². The van der Waals surface area contributed by atoms with E-state index in [-0.39, 0.29) is 5.91 Å². The van der Waals surface area contributed by atoms with Gasteiger partial charge >= 0.3 is 0 Å². The van der Waals surface area contributed by atoms with Crippen molar-refractivity contribution in [3.8, 4) is 5.69 Å². The third kappa shape index (κ3) is 2.75. The molecule has 1 aliphatic heterocycles. The maximum Gasteiger partial charge on any atom is 0.257 e. The van der Waals surface area contributed by atoms with E-state index in [2.05, 4.69) is 26.2 Å². The molecule has 0 saturated carbocycles. The van der Waals surface area contributed by atoms with Gasteiger partial charge in [-0.15, -0.1) is 5.10 Å². The summed E-state index contributed by atoms with van der Waals surface area (Å²) in [7, 11) is 0. The zero-order valence-electron chi connectivity index (χ0n) is 12.5. The summed E-state index contributed by atoms with van der Waals surface area (Å²) in [5.41, 5.74) is 4.15. The van der Waals surface area contributed by atoms with Crippen molar-refractivity contribution in [3.05, 3.63) is 64.4 Å². The van der Waals surface area contributed by atoms with E-state index >= 15 is 0 Å². The van der Waals surface area contributed by atoms with E-state index < -0.39 is 0 Å². The Hall–Kier alpha value is -2.77. The smallest absolute Gasteiger partial charge is 0.257 e. The number of tetrazole rings is 1. The molecule has 0 atom stereocenters. The first-order valence-electron chi connectivity index (χ1n) is 7.37. The summed E-state index contributed by atoms with van der Waals surface area (Å²) in [5.74, 6) is -0.270. The Balaban J connectivity index is 1.66. The van der Waals surface area contributed by atoms with Gasteiger partial charge in [0.2, 0.25) is 0 Å². The molecular formula is C16H13ClN6O. The van der Waals surface area contributed by atoms with E-state index in [0.717, 1.165) is 18.8 Å². The lowest BCUT2D eigenvalue weighted by molar-refractivity contribution is 0.102. The van der Waals surface area contributed by atoms with Gasteiger partial charge in [-0.1, -0.05) is 17.7 Å². The average Bonchev–Trinajstić information content (AvgIpc) is 3.25. The van der Waals surface area contributed by atoms with Crippen LogP contribution in [0, 0.1) is 0 Å². The van der Waals surface area contributed by atoms with Crippen LogP contribution in [0.5, 0.6) is 0 Å². The van der Waals surface area contributed by atoms with Crippen molar-refractivity contribution < 1.29 is 4.79 Å². The van der Waals surface area contributed by atoms with Gasteiger partial charge in [0.1, 0.15) is 6.33 Å². The molecule has 0 bridgehead atoms. The normalized spacial score (nSPS) is 12.9. The van der Waals surface area contributed by atoms with E-state index in [1.807, 2.05) is 18.2 Å². The number of anilines is 1. The molecule has 4 rings (SSSR count). The summed E-state index contributed by atoms with van der Waals surface area (Å²) in [6.45, 7) is 1.67. The fourth-order valence-electron chi connectivity index (χ4n) is 2.73. The second-order valence-corrected chi connectivity index (χ2v) is 5.89. The van der Waals surface area contributed by atoms with Crippen molar-refractivity contribution in [1.82, 2.24) is 25.5 Å². The Morgan fingerprint density at radius 2 is 2.04 bits per heavy atom. The number of carbonyl (C=O) groups excluding carboxylic acids is 1. The molecule has 3 aromatic rings. The number of nitrogens with one attached hydrogen (secondary N) is 2. The summed E-state index contributed by atoms with van der Waals surface area (Å²) in [6.07, 6.45) is 1.43. The Labute approximate surface area is 142 Å². The van der Waals surface area contributed by atoms with Crippen LogP contribution in [-0.4, -0.2) is 26.1 Å². The van der Waals surface area contributed by atoms with Gasteiger partial charge in [0.15, 0.2) is 0 Å². The van der Waals surface area contributed by atoms with Gasteiger partial charge in [-0.3, -0.25) is 4.79 Å². The fraction of sp³-hybridized carbons (Fsp3) is 0.125. The number of hydrogen-bond donors (Lipinski definition) is 2. The quantitative estimate of drug-likeness (QED) is 0.763. The highest BCUT2D eigenvalue weighted by Crippen LogP contribution is 2.23. The van der Waals surface area contributed by atoms with Crippen LogP contribution in [0.4, 0.5) is 5.69 Å². The predicted molar refractivity (Wildman–Crippen MR) is 89.1 cm³/mol. The van der Waals surface area contributed by atoms with E-state index in [9.17, 15) is 4.79 Å². The molecule has 0 aliphatic carbocycles. The van der Waals surface area contributed by atoms with Gasteiger partial charge in [-0.2, -0.15) is 4.68 Å². The highest BCUT2D eigenvalue weighted by Gasteiger charge is 2.16. The highest BCUT2D eigenvalue weighted by molar-refractivity contribution is 6.31. The molecule has 8 heteroatoms. The monoisotopic (exact) mass is 340 g/mol. The van der Waals surface area contributed by atoms with E-state index in [1.165, 1.54) is 22.1 Å². The second-order valence-electron chi connectivity index (χ2n) is 5.46. The Bertz CT molecular complexity index is 909. The van der Waals surface area contributed by atoms with Crippen LogP contribution >= 0.6 is 11.6 Å². The number of nitrogens with zero attached hydrogens (tertiary/aromatic N) is 4. The standard InChI is InChI=1S/C16H13ClN6O/c17-12-2-4-15(23-9-19-21-22-23)14(6-12)16(24)20-13-3-1-10-7-18-8-11(10)5-13/h1-6,9,18H,7-8H2,(H,20,24). The predicted octanol–water partition coefficient (Wildman–Crippen LogP) is 2.17. The molecule has 24 heavy (non-hydrogen) atoms. The summed E-state index contributed by atoms with van der Waals surface area (Å²) >= 11 is 6.05. The van der Waals surface area contributed by atoms with Crippen molar-refractivity contribution in [3.63, 3.8) is 0 Å². The minimum Gasteiger partial charge on any atom is -0.322 e. The Morgan fingerprint density at radius 1 is 1.17 bits per heavy atom. The number of fused-ring (bicyclic) bond motifs is 1. The fourth-order valence-corrected chi connectivity index (χ4v) is 2.90. The largest absolute Gasteiger partial charge is 0.322 e. The van der Waals surface area contributed by atoms with Crippen LogP contribution in [-0.2, 0) is 13.1 Å². The Morgan fingerprint density at radius 3 is 2.88 bits per heavy atom. The molecule has 2 N–H and O–H groups in total. The Kier molecular flexibility index (Phi) is 3.72. The maximum atomic E-state index is 12.7.